The second kappa shape index (κ2) is 6.95. The van der Waals surface area contributed by atoms with Gasteiger partial charge in [0.15, 0.2) is 0 Å². The van der Waals surface area contributed by atoms with Gasteiger partial charge in [-0.05, 0) is 43.0 Å². The Bertz CT molecular complexity index is 478. The van der Waals surface area contributed by atoms with Crippen LogP contribution in [0.2, 0.25) is 0 Å². The molecule has 0 bridgehead atoms. The Morgan fingerprint density at radius 3 is 2.32 bits per heavy atom. The number of benzene rings is 2. The van der Waals surface area contributed by atoms with Gasteiger partial charge in [-0.15, -0.1) is 0 Å². The summed E-state index contributed by atoms with van der Waals surface area (Å²) in [4.78, 5) is 0. The third-order valence-corrected chi connectivity index (χ3v) is 3.30. The van der Waals surface area contributed by atoms with Crippen LogP contribution in [-0.2, 0) is 13.0 Å². The maximum Gasteiger partial charge on any atom is 0.115 e. The largest absolute Gasteiger partial charge is 0.508 e. The van der Waals surface area contributed by atoms with E-state index in [0.29, 0.717) is 11.8 Å². The van der Waals surface area contributed by atoms with E-state index < -0.39 is 0 Å². The summed E-state index contributed by atoms with van der Waals surface area (Å²) in [7, 11) is 0. The van der Waals surface area contributed by atoms with Crippen LogP contribution in [0.15, 0.2) is 54.6 Å². The molecule has 2 aromatic rings. The monoisotopic (exact) mass is 255 g/mol. The van der Waals surface area contributed by atoms with Crippen molar-refractivity contribution < 1.29 is 5.11 Å². The van der Waals surface area contributed by atoms with Crippen molar-refractivity contribution in [1.29, 1.82) is 0 Å². The highest BCUT2D eigenvalue weighted by Crippen LogP contribution is 2.10. The van der Waals surface area contributed by atoms with Gasteiger partial charge in [0.25, 0.3) is 0 Å². The van der Waals surface area contributed by atoms with Crippen LogP contribution >= 0.6 is 0 Å². The molecule has 2 aromatic carbocycles. The Balaban J connectivity index is 1.72. The van der Waals surface area contributed by atoms with Crippen LogP contribution in [0, 0.1) is 0 Å². The van der Waals surface area contributed by atoms with Gasteiger partial charge in [-0.25, -0.2) is 0 Å². The summed E-state index contributed by atoms with van der Waals surface area (Å²) in [6, 6.07) is 18.4. The van der Waals surface area contributed by atoms with Crippen LogP contribution in [0.25, 0.3) is 0 Å². The molecule has 0 saturated carbocycles. The highest BCUT2D eigenvalue weighted by molar-refractivity contribution is 5.25. The molecule has 0 amide bonds. The van der Waals surface area contributed by atoms with E-state index in [-0.39, 0.29) is 0 Å². The van der Waals surface area contributed by atoms with Crippen LogP contribution in [0.1, 0.15) is 24.5 Å². The minimum absolute atomic E-state index is 0.320. The normalized spacial score (nSPS) is 12.3. The molecule has 0 aromatic heterocycles. The maximum atomic E-state index is 9.22. The molecule has 1 unspecified atom stereocenters. The van der Waals surface area contributed by atoms with E-state index in [1.54, 1.807) is 12.1 Å². The Hall–Kier alpha value is -1.80. The van der Waals surface area contributed by atoms with E-state index >= 15 is 0 Å². The highest BCUT2D eigenvalue weighted by atomic mass is 16.3. The minimum atomic E-state index is 0.320. The Labute approximate surface area is 115 Å². The SMILES string of the molecule is CC(CCc1ccccc1)NCc1ccc(O)cc1. The van der Waals surface area contributed by atoms with Crippen LogP contribution in [0.5, 0.6) is 5.75 Å². The highest BCUT2D eigenvalue weighted by Gasteiger charge is 2.02. The first-order valence-corrected chi connectivity index (χ1v) is 6.79. The third-order valence-electron chi connectivity index (χ3n) is 3.30. The lowest BCUT2D eigenvalue weighted by Crippen LogP contribution is -2.25. The summed E-state index contributed by atoms with van der Waals surface area (Å²) in [6.07, 6.45) is 2.23. The number of phenolic OH excluding ortho intramolecular Hbond substituents is 1. The first-order chi connectivity index (χ1) is 9.24. The summed E-state index contributed by atoms with van der Waals surface area (Å²) in [6.45, 7) is 3.06. The molecule has 0 saturated heterocycles. The van der Waals surface area contributed by atoms with Crippen LogP contribution in [0.4, 0.5) is 0 Å². The number of nitrogens with one attached hydrogen (secondary N) is 1. The van der Waals surface area contributed by atoms with Crippen molar-refractivity contribution in [2.45, 2.75) is 32.4 Å². The zero-order valence-electron chi connectivity index (χ0n) is 11.3. The molecule has 1 atom stereocenters. The number of aromatic hydroxyl groups is 1. The molecular weight excluding hydrogens is 234 g/mol. The van der Waals surface area contributed by atoms with Gasteiger partial charge >= 0.3 is 0 Å². The van der Waals surface area contributed by atoms with Gasteiger partial charge in [-0.3, -0.25) is 0 Å². The van der Waals surface area contributed by atoms with Crippen LogP contribution in [0.3, 0.4) is 0 Å². The number of phenols is 1. The maximum absolute atomic E-state index is 9.22. The Morgan fingerprint density at radius 1 is 0.947 bits per heavy atom. The Morgan fingerprint density at radius 2 is 1.63 bits per heavy atom. The van der Waals surface area contributed by atoms with E-state index in [2.05, 4.69) is 42.6 Å². The molecule has 0 aliphatic rings. The molecule has 0 spiro atoms. The van der Waals surface area contributed by atoms with Gasteiger partial charge < -0.3 is 10.4 Å². The fourth-order valence-electron chi connectivity index (χ4n) is 2.04. The summed E-state index contributed by atoms with van der Waals surface area (Å²) < 4.78 is 0. The average molecular weight is 255 g/mol. The molecule has 0 radical (unpaired) electrons. The van der Waals surface area contributed by atoms with Crippen molar-refractivity contribution in [3.63, 3.8) is 0 Å². The molecule has 2 N–H and O–H groups in total. The fourth-order valence-corrected chi connectivity index (χ4v) is 2.04. The van der Waals surface area contributed by atoms with Crippen molar-refractivity contribution in [3.8, 4) is 5.75 Å². The zero-order chi connectivity index (χ0) is 13.5. The number of hydrogen-bond acceptors (Lipinski definition) is 2. The second-order valence-electron chi connectivity index (χ2n) is 4.97. The molecular formula is C17H21NO. The molecule has 100 valence electrons. The smallest absolute Gasteiger partial charge is 0.115 e. The molecule has 0 aliphatic carbocycles. The number of rotatable bonds is 6. The molecule has 0 fully saturated rings. The minimum Gasteiger partial charge on any atom is -0.508 e. The fraction of sp³-hybridized carbons (Fsp3) is 0.294. The van der Waals surface area contributed by atoms with Gasteiger partial charge in [0, 0.05) is 12.6 Å². The lowest BCUT2D eigenvalue weighted by atomic mass is 10.1. The summed E-state index contributed by atoms with van der Waals surface area (Å²) in [5.74, 6) is 0.320. The van der Waals surface area contributed by atoms with E-state index in [0.717, 1.165) is 19.4 Å². The van der Waals surface area contributed by atoms with Gasteiger partial charge in [0.05, 0.1) is 0 Å². The molecule has 19 heavy (non-hydrogen) atoms. The van der Waals surface area contributed by atoms with Crippen molar-refractivity contribution in [1.82, 2.24) is 5.32 Å². The first-order valence-electron chi connectivity index (χ1n) is 6.79. The van der Waals surface area contributed by atoms with Crippen molar-refractivity contribution in [2.75, 3.05) is 0 Å². The zero-order valence-corrected chi connectivity index (χ0v) is 11.3. The lowest BCUT2D eigenvalue weighted by molar-refractivity contribution is 0.474. The van der Waals surface area contributed by atoms with Crippen molar-refractivity contribution in [2.24, 2.45) is 0 Å². The van der Waals surface area contributed by atoms with E-state index in [1.165, 1.54) is 11.1 Å². The average Bonchev–Trinajstić information content (AvgIpc) is 2.45. The second-order valence-corrected chi connectivity index (χ2v) is 4.97. The molecule has 0 aliphatic heterocycles. The standard InChI is InChI=1S/C17H21NO/c1-14(7-8-15-5-3-2-4-6-15)18-13-16-9-11-17(19)12-10-16/h2-6,9-12,14,18-19H,7-8,13H2,1H3. The van der Waals surface area contributed by atoms with Gasteiger partial charge in [0.2, 0.25) is 0 Å². The van der Waals surface area contributed by atoms with Crippen molar-refractivity contribution in [3.05, 3.63) is 65.7 Å². The predicted molar refractivity (Wildman–Crippen MR) is 79.2 cm³/mol. The molecule has 2 rings (SSSR count). The number of aryl methyl sites for hydroxylation is 1. The summed E-state index contributed by atoms with van der Waals surface area (Å²) >= 11 is 0. The van der Waals surface area contributed by atoms with Crippen LogP contribution in [-0.4, -0.2) is 11.1 Å². The van der Waals surface area contributed by atoms with Crippen LogP contribution < -0.4 is 5.32 Å². The number of hydrogen-bond donors (Lipinski definition) is 2. The van der Waals surface area contributed by atoms with E-state index in [9.17, 15) is 5.11 Å². The molecule has 0 heterocycles. The third kappa shape index (κ3) is 4.76. The summed E-state index contributed by atoms with van der Waals surface area (Å²) in [5, 5.41) is 12.7. The van der Waals surface area contributed by atoms with Gasteiger partial charge in [0.1, 0.15) is 5.75 Å². The molecule has 2 nitrogen and oxygen atoms in total. The quantitative estimate of drug-likeness (QED) is 0.828. The predicted octanol–water partition coefficient (Wildman–Crippen LogP) is 3.50. The Kier molecular flexibility index (Phi) is 4.99. The van der Waals surface area contributed by atoms with E-state index in [1.807, 2.05) is 12.1 Å². The lowest BCUT2D eigenvalue weighted by Gasteiger charge is -2.14. The molecule has 2 heteroatoms. The van der Waals surface area contributed by atoms with Crippen molar-refractivity contribution >= 4 is 0 Å². The van der Waals surface area contributed by atoms with Gasteiger partial charge in [-0.2, -0.15) is 0 Å². The van der Waals surface area contributed by atoms with Gasteiger partial charge in [-0.1, -0.05) is 42.5 Å². The topological polar surface area (TPSA) is 32.3 Å². The first kappa shape index (κ1) is 13.6. The summed E-state index contributed by atoms with van der Waals surface area (Å²) in [5.41, 5.74) is 2.59. The van der Waals surface area contributed by atoms with E-state index in [4.69, 9.17) is 0 Å².